The fourth-order valence-electron chi connectivity index (χ4n) is 2.42. The van der Waals surface area contributed by atoms with Crippen molar-refractivity contribution in [3.63, 3.8) is 0 Å². The lowest BCUT2D eigenvalue weighted by Crippen LogP contribution is -2.20. The van der Waals surface area contributed by atoms with E-state index in [1.807, 2.05) is 0 Å². The predicted octanol–water partition coefficient (Wildman–Crippen LogP) is 4.01. The Balaban J connectivity index is 1.66. The first-order chi connectivity index (χ1) is 14.3. The predicted molar refractivity (Wildman–Crippen MR) is 116 cm³/mol. The van der Waals surface area contributed by atoms with Gasteiger partial charge in [0.2, 0.25) is 0 Å². The van der Waals surface area contributed by atoms with E-state index in [2.05, 4.69) is 31.2 Å². The van der Waals surface area contributed by atoms with Gasteiger partial charge in [-0.25, -0.2) is 0 Å². The number of hydrogen-bond acceptors (Lipinski definition) is 6. The van der Waals surface area contributed by atoms with Crippen molar-refractivity contribution in [3.05, 3.63) is 76.7 Å². The van der Waals surface area contributed by atoms with Crippen molar-refractivity contribution in [2.45, 2.75) is 11.8 Å². The Morgan fingerprint density at radius 2 is 1.70 bits per heavy atom. The van der Waals surface area contributed by atoms with Gasteiger partial charge in [-0.1, -0.05) is 12.1 Å². The lowest BCUT2D eigenvalue weighted by atomic mass is 10.1. The van der Waals surface area contributed by atoms with Gasteiger partial charge in [0, 0.05) is 5.69 Å². The Labute approximate surface area is 182 Å². The lowest BCUT2D eigenvalue weighted by Gasteiger charge is -2.07. The number of methoxy groups -OCH3 is 1. The molecule has 0 aliphatic rings. The highest BCUT2D eigenvalue weighted by Crippen LogP contribution is 2.17. The van der Waals surface area contributed by atoms with Crippen molar-refractivity contribution in [2.75, 3.05) is 12.4 Å². The van der Waals surface area contributed by atoms with E-state index in [1.165, 1.54) is 19.2 Å². The summed E-state index contributed by atoms with van der Waals surface area (Å²) in [4.78, 5) is 14.4. The van der Waals surface area contributed by atoms with Crippen LogP contribution in [0.2, 0.25) is 0 Å². The van der Waals surface area contributed by atoms with Crippen LogP contribution >= 0.6 is 15.9 Å². The van der Waals surface area contributed by atoms with Crippen LogP contribution in [0.25, 0.3) is 0 Å². The van der Waals surface area contributed by atoms with Crippen molar-refractivity contribution in [1.82, 2.24) is 4.83 Å². The van der Waals surface area contributed by atoms with Crippen LogP contribution in [0.15, 0.2) is 79.7 Å². The van der Waals surface area contributed by atoms with E-state index in [0.29, 0.717) is 27.4 Å². The number of carbonyl (C=O) groups is 1. The van der Waals surface area contributed by atoms with Crippen LogP contribution in [-0.4, -0.2) is 27.1 Å². The average molecular weight is 492 g/mol. The van der Waals surface area contributed by atoms with E-state index in [1.54, 1.807) is 55.5 Å². The maximum Gasteiger partial charge on any atom is 0.291 e. The molecule has 0 saturated carbocycles. The number of hydrazone groups is 1. The molecule has 0 saturated heterocycles. The fourth-order valence-corrected chi connectivity index (χ4v) is 3.59. The van der Waals surface area contributed by atoms with Crippen molar-refractivity contribution in [1.29, 1.82) is 0 Å². The molecule has 0 unspecified atom stereocenters. The zero-order valence-corrected chi connectivity index (χ0v) is 18.5. The first-order valence-corrected chi connectivity index (χ1v) is 10.9. The third kappa shape index (κ3) is 5.28. The zero-order valence-electron chi connectivity index (χ0n) is 16.0. The van der Waals surface area contributed by atoms with Gasteiger partial charge in [0.1, 0.15) is 5.75 Å². The van der Waals surface area contributed by atoms with Crippen LogP contribution in [0.5, 0.6) is 5.75 Å². The van der Waals surface area contributed by atoms with E-state index in [-0.39, 0.29) is 16.6 Å². The minimum atomic E-state index is -3.81. The van der Waals surface area contributed by atoms with Gasteiger partial charge in [-0.3, -0.25) is 4.79 Å². The number of sulfonamides is 1. The van der Waals surface area contributed by atoms with Crippen LogP contribution in [0.4, 0.5) is 5.69 Å². The molecule has 0 aliphatic heterocycles. The fraction of sp³-hybridized carbons (Fsp3) is 0.100. The number of hydrogen-bond donors (Lipinski definition) is 2. The second-order valence-corrected chi connectivity index (χ2v) is 8.55. The molecule has 30 heavy (non-hydrogen) atoms. The molecule has 0 fully saturated rings. The number of furan rings is 1. The maximum atomic E-state index is 12.4. The number of ether oxygens (including phenoxy) is 1. The normalized spacial score (nSPS) is 11.8. The number of carbonyl (C=O) groups excluding carboxylic acids is 1. The number of anilines is 1. The van der Waals surface area contributed by atoms with Gasteiger partial charge in [-0.2, -0.15) is 18.4 Å². The Morgan fingerprint density at radius 3 is 2.27 bits per heavy atom. The Kier molecular flexibility index (Phi) is 6.58. The summed E-state index contributed by atoms with van der Waals surface area (Å²) in [6, 6.07) is 16.0. The monoisotopic (exact) mass is 491 g/mol. The quantitative estimate of drug-likeness (QED) is 0.383. The van der Waals surface area contributed by atoms with Crippen LogP contribution in [0, 0.1) is 0 Å². The minimum absolute atomic E-state index is 0.0717. The van der Waals surface area contributed by atoms with Crippen molar-refractivity contribution < 1.29 is 22.4 Å². The molecular weight excluding hydrogens is 474 g/mol. The first kappa shape index (κ1) is 21.6. The molecule has 0 bridgehead atoms. The van der Waals surface area contributed by atoms with E-state index in [4.69, 9.17) is 9.15 Å². The van der Waals surface area contributed by atoms with Crippen LogP contribution in [0.1, 0.15) is 23.0 Å². The molecule has 2 N–H and O–H groups in total. The SMILES string of the molecule is COc1ccc(S(=O)(=O)N/N=C(\C)c2ccc(NC(=O)c3ccc(Br)o3)cc2)cc1. The third-order valence-corrected chi connectivity index (χ3v) is 5.71. The van der Waals surface area contributed by atoms with Gasteiger partial charge >= 0.3 is 0 Å². The highest BCUT2D eigenvalue weighted by Gasteiger charge is 2.14. The van der Waals surface area contributed by atoms with Gasteiger partial charge in [-0.15, -0.1) is 0 Å². The van der Waals surface area contributed by atoms with Crippen molar-refractivity contribution >= 4 is 43.3 Å². The smallest absolute Gasteiger partial charge is 0.291 e. The maximum absolute atomic E-state index is 12.4. The number of amides is 1. The number of benzene rings is 2. The van der Waals surface area contributed by atoms with Gasteiger partial charge in [0.25, 0.3) is 15.9 Å². The molecule has 0 spiro atoms. The number of nitrogens with one attached hydrogen (secondary N) is 2. The largest absolute Gasteiger partial charge is 0.497 e. The molecule has 3 aromatic rings. The molecule has 0 atom stereocenters. The highest BCUT2D eigenvalue weighted by atomic mass is 79.9. The summed E-state index contributed by atoms with van der Waals surface area (Å²) in [6.45, 7) is 1.67. The second kappa shape index (κ2) is 9.14. The molecule has 0 radical (unpaired) electrons. The average Bonchev–Trinajstić information content (AvgIpc) is 3.19. The molecule has 10 heteroatoms. The Morgan fingerprint density at radius 1 is 1.03 bits per heavy atom. The standard InChI is InChI=1S/C20H18BrN3O5S/c1-13(23-24-30(26,27)17-9-7-16(28-2)8-10-17)14-3-5-15(6-4-14)22-20(25)18-11-12-19(21)29-18/h3-12,24H,1-2H3,(H,22,25)/b23-13+. The molecule has 1 heterocycles. The lowest BCUT2D eigenvalue weighted by molar-refractivity contribution is 0.0995. The molecule has 156 valence electrons. The van der Waals surface area contributed by atoms with E-state index in [9.17, 15) is 13.2 Å². The molecule has 2 aromatic carbocycles. The zero-order chi connectivity index (χ0) is 21.7. The number of rotatable bonds is 7. The first-order valence-electron chi connectivity index (χ1n) is 8.66. The third-order valence-electron chi connectivity index (χ3n) is 4.06. The summed E-state index contributed by atoms with van der Waals surface area (Å²) < 4.78 is 35.4. The molecule has 0 aliphatic carbocycles. The summed E-state index contributed by atoms with van der Waals surface area (Å²) in [5, 5.41) is 6.68. The molecule has 3 rings (SSSR count). The van der Waals surface area contributed by atoms with Crippen LogP contribution in [-0.2, 0) is 10.0 Å². The highest BCUT2D eigenvalue weighted by molar-refractivity contribution is 9.10. The molecular formula is C20H18BrN3O5S. The van der Waals surface area contributed by atoms with Gasteiger partial charge in [0.05, 0.1) is 17.7 Å². The summed E-state index contributed by atoms with van der Waals surface area (Å²) >= 11 is 3.15. The van der Waals surface area contributed by atoms with E-state index >= 15 is 0 Å². The Hall–Kier alpha value is -3.11. The summed E-state index contributed by atoms with van der Waals surface area (Å²) in [6.07, 6.45) is 0. The van der Waals surface area contributed by atoms with E-state index in [0.717, 1.165) is 0 Å². The summed E-state index contributed by atoms with van der Waals surface area (Å²) in [7, 11) is -2.30. The van der Waals surface area contributed by atoms with E-state index < -0.39 is 10.0 Å². The van der Waals surface area contributed by atoms with Gasteiger partial charge in [-0.05, 0) is 76.9 Å². The molecule has 8 nitrogen and oxygen atoms in total. The molecule has 1 aromatic heterocycles. The summed E-state index contributed by atoms with van der Waals surface area (Å²) in [5.41, 5.74) is 1.70. The van der Waals surface area contributed by atoms with Crippen molar-refractivity contribution in [3.8, 4) is 5.75 Å². The van der Waals surface area contributed by atoms with Gasteiger partial charge in [0.15, 0.2) is 10.4 Å². The van der Waals surface area contributed by atoms with Crippen LogP contribution in [0.3, 0.4) is 0 Å². The minimum Gasteiger partial charge on any atom is -0.497 e. The number of halogens is 1. The summed E-state index contributed by atoms with van der Waals surface area (Å²) in [5.74, 6) is 0.350. The topological polar surface area (TPSA) is 110 Å². The Bertz CT molecular complexity index is 1170. The second-order valence-electron chi connectivity index (χ2n) is 6.10. The number of nitrogens with zero attached hydrogens (tertiary/aromatic N) is 1. The van der Waals surface area contributed by atoms with Gasteiger partial charge < -0.3 is 14.5 Å². The van der Waals surface area contributed by atoms with Crippen molar-refractivity contribution in [2.24, 2.45) is 5.10 Å². The van der Waals surface area contributed by atoms with Crippen LogP contribution < -0.4 is 14.9 Å². The molecule has 1 amide bonds.